The highest BCUT2D eigenvalue weighted by atomic mass is 16.5. The Labute approximate surface area is 202 Å². The van der Waals surface area contributed by atoms with E-state index in [4.69, 9.17) is 4.74 Å². The largest absolute Gasteiger partial charge is 0.462 e. The molecule has 7 heteroatoms. The molecule has 2 heterocycles. The van der Waals surface area contributed by atoms with Crippen molar-refractivity contribution in [2.24, 2.45) is 0 Å². The lowest BCUT2D eigenvalue weighted by molar-refractivity contribution is -0.110. The second-order valence-corrected chi connectivity index (χ2v) is 8.13. The Bertz CT molecular complexity index is 1440. The Hall–Kier alpha value is -4.65. The molecular formula is C28H24N4O3. The van der Waals surface area contributed by atoms with Gasteiger partial charge in [0.1, 0.15) is 0 Å². The van der Waals surface area contributed by atoms with Gasteiger partial charge in [0.2, 0.25) is 0 Å². The summed E-state index contributed by atoms with van der Waals surface area (Å²) in [6.45, 7) is 4.03. The Morgan fingerprint density at radius 3 is 2.46 bits per heavy atom. The normalized spacial score (nSPS) is 13.7. The molecule has 4 aromatic rings. The molecule has 35 heavy (non-hydrogen) atoms. The van der Waals surface area contributed by atoms with Crippen LogP contribution in [0.2, 0.25) is 0 Å². The number of hydrogen-bond acceptors (Lipinski definition) is 5. The molecule has 7 nitrogen and oxygen atoms in total. The maximum Gasteiger partial charge on any atom is 0.338 e. The van der Waals surface area contributed by atoms with Crippen LogP contribution in [0.4, 0.5) is 11.4 Å². The number of benzene rings is 3. The maximum absolute atomic E-state index is 13.2. The van der Waals surface area contributed by atoms with Gasteiger partial charge in [0.25, 0.3) is 5.91 Å². The summed E-state index contributed by atoms with van der Waals surface area (Å²) < 4.78 is 5.10. The van der Waals surface area contributed by atoms with Gasteiger partial charge in [-0.3, -0.25) is 4.79 Å². The lowest BCUT2D eigenvalue weighted by Gasteiger charge is -2.15. The summed E-state index contributed by atoms with van der Waals surface area (Å²) in [7, 11) is 0. The number of aryl methyl sites for hydroxylation is 1. The van der Waals surface area contributed by atoms with E-state index in [1.807, 2.05) is 61.5 Å². The number of imidazole rings is 1. The molecule has 0 fully saturated rings. The van der Waals surface area contributed by atoms with Gasteiger partial charge in [-0.25, -0.2) is 9.78 Å². The zero-order chi connectivity index (χ0) is 24.4. The third kappa shape index (κ3) is 4.31. The summed E-state index contributed by atoms with van der Waals surface area (Å²) in [6.07, 6.45) is 1.68. The van der Waals surface area contributed by atoms with Crippen molar-refractivity contribution in [1.82, 2.24) is 9.97 Å². The third-order valence-electron chi connectivity index (χ3n) is 5.85. The zero-order valence-electron chi connectivity index (χ0n) is 19.4. The summed E-state index contributed by atoms with van der Waals surface area (Å²) in [6, 6.07) is 22.7. The van der Waals surface area contributed by atoms with Gasteiger partial charge in [0.15, 0.2) is 0 Å². The minimum atomic E-state index is -0.421. The van der Waals surface area contributed by atoms with Crippen molar-refractivity contribution in [2.45, 2.75) is 13.8 Å². The Morgan fingerprint density at radius 2 is 1.77 bits per heavy atom. The predicted molar refractivity (Wildman–Crippen MR) is 137 cm³/mol. The number of ether oxygens (including phenoxy) is 1. The number of fused-ring (bicyclic) bond motifs is 1. The molecule has 0 atom stereocenters. The summed E-state index contributed by atoms with van der Waals surface area (Å²) in [4.78, 5) is 32.8. The topological polar surface area (TPSA) is 96.1 Å². The molecule has 174 valence electrons. The molecule has 3 aromatic carbocycles. The van der Waals surface area contributed by atoms with Crippen molar-refractivity contribution in [3.05, 3.63) is 102 Å². The number of carbonyl (C=O) groups is 2. The van der Waals surface area contributed by atoms with E-state index >= 15 is 0 Å². The summed E-state index contributed by atoms with van der Waals surface area (Å²) in [5.41, 5.74) is 7.48. The minimum Gasteiger partial charge on any atom is -0.462 e. The quantitative estimate of drug-likeness (QED) is 0.259. The predicted octanol–water partition coefficient (Wildman–Crippen LogP) is 5.49. The van der Waals surface area contributed by atoms with E-state index in [2.05, 4.69) is 20.6 Å². The van der Waals surface area contributed by atoms with Crippen LogP contribution < -0.4 is 10.6 Å². The molecule has 0 radical (unpaired) electrons. The first kappa shape index (κ1) is 22.2. The van der Waals surface area contributed by atoms with Crippen molar-refractivity contribution in [3.63, 3.8) is 0 Å². The SMILES string of the molecule is CCOC(=O)c1ccc2c(c1)NC(=O)/C2=C(\Nc1ccc(-c2nc[nH]c2C)cc1)c1ccccc1. The van der Waals surface area contributed by atoms with Crippen LogP contribution in [0.1, 0.15) is 34.1 Å². The van der Waals surface area contributed by atoms with E-state index in [0.717, 1.165) is 33.8 Å². The first-order valence-corrected chi connectivity index (χ1v) is 11.3. The van der Waals surface area contributed by atoms with Crippen LogP contribution in [0.3, 0.4) is 0 Å². The Kier molecular flexibility index (Phi) is 5.89. The minimum absolute atomic E-state index is 0.240. The summed E-state index contributed by atoms with van der Waals surface area (Å²) in [5.74, 6) is -0.660. The number of carbonyl (C=O) groups excluding carboxylic acids is 2. The van der Waals surface area contributed by atoms with Crippen molar-refractivity contribution in [3.8, 4) is 11.3 Å². The maximum atomic E-state index is 13.2. The summed E-state index contributed by atoms with van der Waals surface area (Å²) in [5, 5.41) is 6.35. The van der Waals surface area contributed by atoms with E-state index in [9.17, 15) is 9.59 Å². The number of nitrogens with zero attached hydrogens (tertiary/aromatic N) is 1. The molecule has 0 unspecified atom stereocenters. The second-order valence-electron chi connectivity index (χ2n) is 8.13. The van der Waals surface area contributed by atoms with E-state index in [1.165, 1.54) is 0 Å². The number of aromatic amines is 1. The van der Waals surface area contributed by atoms with Crippen molar-refractivity contribution in [1.29, 1.82) is 0 Å². The van der Waals surface area contributed by atoms with Crippen LogP contribution in [-0.2, 0) is 9.53 Å². The van der Waals surface area contributed by atoms with Crippen LogP contribution >= 0.6 is 0 Å². The molecule has 5 rings (SSSR count). The molecule has 3 N–H and O–H groups in total. The number of esters is 1. The number of nitrogens with one attached hydrogen (secondary N) is 3. The monoisotopic (exact) mass is 464 g/mol. The molecular weight excluding hydrogens is 440 g/mol. The van der Waals surface area contributed by atoms with Crippen LogP contribution in [0.25, 0.3) is 22.5 Å². The van der Waals surface area contributed by atoms with Gasteiger partial charge in [0, 0.05) is 22.5 Å². The average molecular weight is 465 g/mol. The smallest absolute Gasteiger partial charge is 0.338 e. The van der Waals surface area contributed by atoms with E-state index < -0.39 is 5.97 Å². The highest BCUT2D eigenvalue weighted by Gasteiger charge is 2.29. The standard InChI is InChI=1S/C28H24N4O3/c1-3-35-28(34)20-11-14-22-23(15-20)32-27(33)24(22)26(18-7-5-4-6-8-18)31-21-12-9-19(10-13-21)25-17(2)29-16-30-25/h4-16,31H,3H2,1-2H3,(H,29,30)(H,32,33)/b26-24-. The average Bonchev–Trinajstić information content (AvgIpc) is 3.45. The number of amides is 1. The Balaban J connectivity index is 1.56. The number of anilines is 2. The van der Waals surface area contributed by atoms with E-state index in [-0.39, 0.29) is 12.5 Å². The van der Waals surface area contributed by atoms with Crippen molar-refractivity contribution < 1.29 is 14.3 Å². The van der Waals surface area contributed by atoms with Crippen LogP contribution in [0.15, 0.2) is 79.1 Å². The van der Waals surface area contributed by atoms with E-state index in [1.54, 1.807) is 31.5 Å². The van der Waals surface area contributed by atoms with Crippen LogP contribution in [0.5, 0.6) is 0 Å². The lowest BCUT2D eigenvalue weighted by Crippen LogP contribution is -2.10. The van der Waals surface area contributed by atoms with Crippen LogP contribution in [-0.4, -0.2) is 28.5 Å². The highest BCUT2D eigenvalue weighted by molar-refractivity contribution is 6.37. The zero-order valence-corrected chi connectivity index (χ0v) is 19.4. The molecule has 1 aromatic heterocycles. The van der Waals surface area contributed by atoms with Gasteiger partial charge >= 0.3 is 5.97 Å². The second kappa shape index (κ2) is 9.30. The fourth-order valence-electron chi connectivity index (χ4n) is 4.15. The van der Waals surface area contributed by atoms with Gasteiger partial charge in [-0.2, -0.15) is 0 Å². The van der Waals surface area contributed by atoms with E-state index in [0.29, 0.717) is 22.5 Å². The third-order valence-corrected chi connectivity index (χ3v) is 5.85. The van der Waals surface area contributed by atoms with Crippen molar-refractivity contribution >= 4 is 34.5 Å². The molecule has 1 amide bonds. The van der Waals surface area contributed by atoms with Gasteiger partial charge in [0.05, 0.1) is 41.1 Å². The fourth-order valence-corrected chi connectivity index (χ4v) is 4.15. The van der Waals surface area contributed by atoms with Gasteiger partial charge < -0.3 is 20.4 Å². The van der Waals surface area contributed by atoms with Crippen molar-refractivity contribution in [2.75, 3.05) is 17.2 Å². The van der Waals surface area contributed by atoms with Gasteiger partial charge in [-0.15, -0.1) is 0 Å². The first-order valence-electron chi connectivity index (χ1n) is 11.3. The fraction of sp³-hybridized carbons (Fsp3) is 0.107. The molecule has 0 bridgehead atoms. The Morgan fingerprint density at radius 1 is 1.00 bits per heavy atom. The lowest BCUT2D eigenvalue weighted by atomic mass is 9.99. The molecule has 1 aliphatic rings. The number of aromatic nitrogens is 2. The molecule has 0 saturated carbocycles. The van der Waals surface area contributed by atoms with Gasteiger partial charge in [-0.05, 0) is 43.7 Å². The molecule has 0 saturated heterocycles. The summed E-state index contributed by atoms with van der Waals surface area (Å²) >= 11 is 0. The number of H-pyrrole nitrogens is 1. The highest BCUT2D eigenvalue weighted by Crippen LogP contribution is 2.38. The molecule has 1 aliphatic heterocycles. The molecule has 0 spiro atoms. The van der Waals surface area contributed by atoms with Crippen LogP contribution in [0, 0.1) is 6.92 Å². The number of hydrogen-bond donors (Lipinski definition) is 3. The van der Waals surface area contributed by atoms with Gasteiger partial charge in [-0.1, -0.05) is 48.5 Å². The first-order chi connectivity index (χ1) is 17.0. The molecule has 0 aliphatic carbocycles. The number of rotatable bonds is 6.